The highest BCUT2D eigenvalue weighted by molar-refractivity contribution is 9.10. The number of hydrogen-bond acceptors (Lipinski definition) is 9. The monoisotopic (exact) mass is 521 g/mol. The normalized spacial score (nSPS) is 10.9. The molecule has 8 nitrogen and oxygen atoms in total. The van der Waals surface area contributed by atoms with Gasteiger partial charge >= 0.3 is 0 Å². The molecule has 0 spiro atoms. The molecule has 2 aromatic carbocycles. The average molecular weight is 522 g/mol. The Balaban J connectivity index is 1.60. The zero-order chi connectivity index (χ0) is 22.1. The van der Waals surface area contributed by atoms with Gasteiger partial charge in [0, 0.05) is 0 Å². The summed E-state index contributed by atoms with van der Waals surface area (Å²) in [7, 11) is 0. The van der Waals surface area contributed by atoms with Crippen LogP contribution in [0.1, 0.15) is 18.1 Å². The molecule has 0 aliphatic heterocycles. The van der Waals surface area contributed by atoms with Gasteiger partial charge in [0.2, 0.25) is 5.13 Å². The van der Waals surface area contributed by atoms with E-state index < -0.39 is 0 Å². The molecule has 1 heterocycles. The largest absolute Gasteiger partial charge is 0.490 e. The number of carbonyl (C=O) groups excluding carboxylic acids is 1. The van der Waals surface area contributed by atoms with Gasteiger partial charge in [0.1, 0.15) is 6.61 Å². The molecule has 31 heavy (non-hydrogen) atoms. The number of nitrogens with zero attached hydrogens (tertiary/aromatic N) is 3. The Bertz CT molecular complexity index is 1050. The number of rotatable bonds is 10. The lowest BCUT2D eigenvalue weighted by molar-refractivity contribution is -0.118. The van der Waals surface area contributed by atoms with E-state index in [1.54, 1.807) is 6.21 Å². The average Bonchev–Trinajstić information content (AvgIpc) is 3.18. The summed E-state index contributed by atoms with van der Waals surface area (Å²) in [4.78, 5) is 11.9. The fraction of sp³-hybridized carbons (Fsp3) is 0.200. The van der Waals surface area contributed by atoms with Crippen LogP contribution in [0.2, 0.25) is 0 Å². The second kappa shape index (κ2) is 11.7. The van der Waals surface area contributed by atoms with Gasteiger partial charge in [0.25, 0.3) is 5.91 Å². The number of carbonyl (C=O) groups is 1. The molecule has 3 rings (SSSR count). The summed E-state index contributed by atoms with van der Waals surface area (Å²) in [5, 5.41) is 11.9. The zero-order valence-corrected chi connectivity index (χ0v) is 19.8. The molecular formula is C20H20BrN5O3S2. The number of amides is 1. The quantitative estimate of drug-likeness (QED) is 0.234. The Morgan fingerprint density at radius 2 is 2.10 bits per heavy atom. The number of hydrazone groups is 1. The highest BCUT2D eigenvalue weighted by Crippen LogP contribution is 2.37. The number of benzene rings is 2. The van der Waals surface area contributed by atoms with Crippen LogP contribution in [-0.4, -0.2) is 34.7 Å². The lowest BCUT2D eigenvalue weighted by atomic mass is 10.2. The minimum Gasteiger partial charge on any atom is -0.490 e. The van der Waals surface area contributed by atoms with Crippen LogP contribution in [-0.2, 0) is 11.4 Å². The summed E-state index contributed by atoms with van der Waals surface area (Å²) in [6.45, 7) is 2.80. The Morgan fingerprint density at radius 3 is 2.81 bits per heavy atom. The molecule has 0 bridgehead atoms. The number of nitrogen functional groups attached to an aromatic ring is 1. The number of anilines is 1. The van der Waals surface area contributed by atoms with Crippen molar-refractivity contribution >= 4 is 56.3 Å². The molecule has 0 radical (unpaired) electrons. The van der Waals surface area contributed by atoms with Crippen molar-refractivity contribution in [3.05, 3.63) is 58.1 Å². The van der Waals surface area contributed by atoms with Crippen LogP contribution in [0.4, 0.5) is 5.13 Å². The molecule has 0 unspecified atom stereocenters. The molecule has 1 aromatic heterocycles. The summed E-state index contributed by atoms with van der Waals surface area (Å²) >= 11 is 6.01. The number of aromatic nitrogens is 2. The number of nitrogens with two attached hydrogens (primary N) is 1. The van der Waals surface area contributed by atoms with Gasteiger partial charge in [-0.25, -0.2) is 5.43 Å². The van der Waals surface area contributed by atoms with Gasteiger partial charge in [-0.3, -0.25) is 4.79 Å². The number of ether oxygens (including phenoxy) is 2. The minimum absolute atomic E-state index is 0.159. The van der Waals surface area contributed by atoms with Crippen molar-refractivity contribution in [3.8, 4) is 11.5 Å². The van der Waals surface area contributed by atoms with Crippen molar-refractivity contribution in [1.82, 2.24) is 15.6 Å². The lowest BCUT2D eigenvalue weighted by Crippen LogP contribution is -2.19. The Labute approximate surface area is 196 Å². The van der Waals surface area contributed by atoms with E-state index in [9.17, 15) is 4.79 Å². The Hall–Kier alpha value is -2.63. The number of thioether (sulfide) groups is 1. The smallest absolute Gasteiger partial charge is 0.250 e. The number of hydrogen-bond donors (Lipinski definition) is 2. The predicted octanol–water partition coefficient (Wildman–Crippen LogP) is 4.10. The van der Waals surface area contributed by atoms with E-state index in [0.29, 0.717) is 34.2 Å². The second-order valence-corrected chi connectivity index (χ2v) is 9.11. The van der Waals surface area contributed by atoms with E-state index >= 15 is 0 Å². The van der Waals surface area contributed by atoms with Gasteiger partial charge in [0.15, 0.2) is 15.8 Å². The molecule has 0 fully saturated rings. The molecule has 3 N–H and O–H groups in total. The first-order chi connectivity index (χ1) is 15.0. The third-order valence-corrected chi connectivity index (χ3v) is 6.18. The van der Waals surface area contributed by atoms with E-state index in [-0.39, 0.29) is 11.7 Å². The summed E-state index contributed by atoms with van der Waals surface area (Å²) in [6, 6.07) is 13.5. The van der Waals surface area contributed by atoms with E-state index in [4.69, 9.17) is 15.2 Å². The van der Waals surface area contributed by atoms with E-state index in [1.165, 1.54) is 23.1 Å². The Kier molecular flexibility index (Phi) is 8.68. The van der Waals surface area contributed by atoms with Gasteiger partial charge in [-0.05, 0) is 46.1 Å². The number of nitrogens with one attached hydrogen (secondary N) is 1. The van der Waals surface area contributed by atoms with Crippen molar-refractivity contribution in [3.63, 3.8) is 0 Å². The molecule has 0 atom stereocenters. The van der Waals surface area contributed by atoms with Crippen LogP contribution in [0.15, 0.2) is 56.4 Å². The standard InChI is InChI=1S/C20H20BrN5O3S2/c1-2-28-16-9-14(8-15(21)18(16)29-11-13-6-4-3-5-7-13)10-23-24-17(27)12-30-20-26-25-19(22)31-20/h3-10H,2,11-12H2,1H3,(H2,22,25)(H,24,27). The molecule has 3 aromatic rings. The molecule has 0 saturated carbocycles. The molecule has 1 amide bonds. The van der Waals surface area contributed by atoms with Gasteiger partial charge < -0.3 is 15.2 Å². The Morgan fingerprint density at radius 1 is 1.29 bits per heavy atom. The third kappa shape index (κ3) is 7.23. The summed E-state index contributed by atoms with van der Waals surface area (Å²) in [5.41, 5.74) is 9.80. The van der Waals surface area contributed by atoms with Crippen molar-refractivity contribution < 1.29 is 14.3 Å². The first kappa shape index (κ1) is 23.0. The van der Waals surface area contributed by atoms with E-state index in [1.807, 2.05) is 49.4 Å². The van der Waals surface area contributed by atoms with Crippen LogP contribution < -0.4 is 20.6 Å². The van der Waals surface area contributed by atoms with Crippen LogP contribution in [0.5, 0.6) is 11.5 Å². The van der Waals surface area contributed by atoms with Crippen molar-refractivity contribution in [2.24, 2.45) is 5.10 Å². The lowest BCUT2D eigenvalue weighted by Gasteiger charge is -2.14. The maximum absolute atomic E-state index is 11.9. The van der Waals surface area contributed by atoms with E-state index in [0.717, 1.165) is 15.6 Å². The second-order valence-electron chi connectivity index (χ2n) is 6.03. The molecule has 162 valence electrons. The maximum Gasteiger partial charge on any atom is 0.250 e. The first-order valence-electron chi connectivity index (χ1n) is 9.22. The summed E-state index contributed by atoms with van der Waals surface area (Å²) in [5.74, 6) is 1.10. The molecule has 11 heteroatoms. The van der Waals surface area contributed by atoms with Crippen LogP contribution in [0, 0.1) is 0 Å². The third-order valence-electron chi connectivity index (χ3n) is 3.71. The van der Waals surface area contributed by atoms with Crippen LogP contribution in [0.3, 0.4) is 0 Å². The van der Waals surface area contributed by atoms with Crippen molar-refractivity contribution in [2.75, 3.05) is 18.1 Å². The van der Waals surface area contributed by atoms with Crippen molar-refractivity contribution in [1.29, 1.82) is 0 Å². The minimum atomic E-state index is -0.262. The summed E-state index contributed by atoms with van der Waals surface area (Å²) < 4.78 is 13.1. The van der Waals surface area contributed by atoms with Crippen molar-refractivity contribution in [2.45, 2.75) is 17.9 Å². The first-order valence-corrected chi connectivity index (χ1v) is 11.8. The predicted molar refractivity (Wildman–Crippen MR) is 127 cm³/mol. The van der Waals surface area contributed by atoms with Gasteiger partial charge in [-0.2, -0.15) is 5.10 Å². The highest BCUT2D eigenvalue weighted by Gasteiger charge is 2.12. The fourth-order valence-electron chi connectivity index (χ4n) is 2.41. The SMILES string of the molecule is CCOc1cc(C=NNC(=O)CSc2nnc(N)s2)cc(Br)c1OCc1ccccc1. The van der Waals surface area contributed by atoms with Crippen LogP contribution >= 0.6 is 39.0 Å². The van der Waals surface area contributed by atoms with Crippen LogP contribution in [0.25, 0.3) is 0 Å². The number of halogens is 1. The van der Waals surface area contributed by atoms with Gasteiger partial charge in [-0.1, -0.05) is 53.4 Å². The molecule has 0 aliphatic carbocycles. The zero-order valence-electron chi connectivity index (χ0n) is 16.6. The van der Waals surface area contributed by atoms with E-state index in [2.05, 4.69) is 36.7 Å². The molecule has 0 aliphatic rings. The molecular weight excluding hydrogens is 502 g/mol. The summed E-state index contributed by atoms with van der Waals surface area (Å²) in [6.07, 6.45) is 1.54. The fourth-order valence-corrected chi connectivity index (χ4v) is 4.41. The highest BCUT2D eigenvalue weighted by atomic mass is 79.9. The molecule has 0 saturated heterocycles. The maximum atomic E-state index is 11.9. The van der Waals surface area contributed by atoms with Gasteiger partial charge in [-0.15, -0.1) is 10.2 Å². The van der Waals surface area contributed by atoms with Gasteiger partial charge in [0.05, 0.1) is 23.0 Å². The topological polar surface area (TPSA) is 112 Å².